The minimum Gasteiger partial charge on any atom is -0.187 e. The average Bonchev–Trinajstić information content (AvgIpc) is 2.78. The lowest BCUT2D eigenvalue weighted by Gasteiger charge is -2.01. The SMILES string of the molecule is Cc1cc(C)c2c(c1)-c1ccc3ccccc3[n+]1C2. The summed E-state index contributed by atoms with van der Waals surface area (Å²) in [4.78, 5) is 0. The molecule has 0 saturated carbocycles. The van der Waals surface area contributed by atoms with E-state index in [1.807, 2.05) is 0 Å². The predicted octanol–water partition coefficient (Wildman–Crippen LogP) is 3.77. The van der Waals surface area contributed by atoms with Crippen LogP contribution in [0.25, 0.3) is 22.2 Å². The maximum atomic E-state index is 2.44. The number of benzene rings is 2. The van der Waals surface area contributed by atoms with Crippen molar-refractivity contribution in [2.24, 2.45) is 0 Å². The van der Waals surface area contributed by atoms with Crippen LogP contribution in [0.4, 0.5) is 0 Å². The minimum absolute atomic E-state index is 0.998. The molecular formula is C18H16N+. The van der Waals surface area contributed by atoms with Crippen LogP contribution in [0.15, 0.2) is 48.5 Å². The molecule has 0 saturated heterocycles. The van der Waals surface area contributed by atoms with Gasteiger partial charge in [0, 0.05) is 23.1 Å². The Morgan fingerprint density at radius 2 is 1.79 bits per heavy atom. The second-order valence-electron chi connectivity index (χ2n) is 5.47. The first-order valence-corrected chi connectivity index (χ1v) is 6.76. The zero-order valence-corrected chi connectivity index (χ0v) is 11.3. The van der Waals surface area contributed by atoms with E-state index in [2.05, 4.69) is 66.9 Å². The van der Waals surface area contributed by atoms with Gasteiger partial charge in [0.25, 0.3) is 0 Å². The third-order valence-corrected chi connectivity index (χ3v) is 4.15. The Kier molecular flexibility index (Phi) is 2.08. The van der Waals surface area contributed by atoms with E-state index < -0.39 is 0 Å². The molecule has 0 amide bonds. The second kappa shape index (κ2) is 3.67. The molecule has 1 aromatic heterocycles. The first-order valence-electron chi connectivity index (χ1n) is 6.76. The molecule has 0 spiro atoms. The smallest absolute Gasteiger partial charge is 0.187 e. The minimum atomic E-state index is 0.998. The predicted molar refractivity (Wildman–Crippen MR) is 78.2 cm³/mol. The number of rotatable bonds is 0. The normalized spacial score (nSPS) is 12.5. The number of nitrogens with zero attached hydrogens (tertiary/aromatic N) is 1. The van der Waals surface area contributed by atoms with E-state index in [1.165, 1.54) is 38.9 Å². The summed E-state index contributed by atoms with van der Waals surface area (Å²) in [5.74, 6) is 0. The topological polar surface area (TPSA) is 3.88 Å². The van der Waals surface area contributed by atoms with Gasteiger partial charge >= 0.3 is 0 Å². The summed E-state index contributed by atoms with van der Waals surface area (Å²) in [7, 11) is 0. The molecule has 4 rings (SSSR count). The van der Waals surface area contributed by atoms with Crippen molar-refractivity contribution in [3.8, 4) is 11.3 Å². The summed E-state index contributed by atoms with van der Waals surface area (Å²) >= 11 is 0. The van der Waals surface area contributed by atoms with Crippen LogP contribution in [0.1, 0.15) is 16.7 Å². The summed E-state index contributed by atoms with van der Waals surface area (Å²) in [6.45, 7) is 5.40. The van der Waals surface area contributed by atoms with Crippen molar-refractivity contribution in [2.75, 3.05) is 0 Å². The molecule has 1 nitrogen and oxygen atoms in total. The lowest BCUT2D eigenvalue weighted by atomic mass is 9.99. The number of hydrogen-bond donors (Lipinski definition) is 0. The van der Waals surface area contributed by atoms with Crippen LogP contribution in [0.5, 0.6) is 0 Å². The largest absolute Gasteiger partial charge is 0.213 e. The number of aromatic nitrogens is 1. The Bertz CT molecular complexity index is 815. The van der Waals surface area contributed by atoms with E-state index in [0.717, 1.165) is 6.54 Å². The van der Waals surface area contributed by atoms with Crippen molar-refractivity contribution in [1.29, 1.82) is 0 Å². The van der Waals surface area contributed by atoms with Crippen molar-refractivity contribution >= 4 is 10.9 Å². The highest BCUT2D eigenvalue weighted by Gasteiger charge is 2.29. The zero-order valence-electron chi connectivity index (χ0n) is 11.3. The number of fused-ring (bicyclic) bond motifs is 5. The van der Waals surface area contributed by atoms with E-state index in [-0.39, 0.29) is 0 Å². The first kappa shape index (κ1) is 10.7. The first-order chi connectivity index (χ1) is 9.24. The summed E-state index contributed by atoms with van der Waals surface area (Å²) in [6, 6.07) is 17.7. The van der Waals surface area contributed by atoms with Gasteiger partial charge in [-0.3, -0.25) is 0 Å². The van der Waals surface area contributed by atoms with Crippen molar-refractivity contribution in [1.82, 2.24) is 0 Å². The van der Waals surface area contributed by atoms with Crippen molar-refractivity contribution in [3.05, 3.63) is 65.2 Å². The van der Waals surface area contributed by atoms with Crippen LogP contribution < -0.4 is 4.57 Å². The Balaban J connectivity index is 2.09. The maximum Gasteiger partial charge on any atom is 0.213 e. The van der Waals surface area contributed by atoms with E-state index >= 15 is 0 Å². The van der Waals surface area contributed by atoms with Crippen molar-refractivity contribution in [2.45, 2.75) is 20.4 Å². The van der Waals surface area contributed by atoms with Crippen LogP contribution in [-0.2, 0) is 6.54 Å². The number of aryl methyl sites for hydroxylation is 2. The van der Waals surface area contributed by atoms with Gasteiger partial charge in [-0.05, 0) is 43.2 Å². The average molecular weight is 246 g/mol. The molecule has 1 aliphatic heterocycles. The molecule has 0 fully saturated rings. The molecule has 0 N–H and O–H groups in total. The van der Waals surface area contributed by atoms with Crippen LogP contribution in [0, 0.1) is 13.8 Å². The van der Waals surface area contributed by atoms with Gasteiger partial charge in [0.05, 0.1) is 5.56 Å². The summed E-state index contributed by atoms with van der Waals surface area (Å²) < 4.78 is 2.44. The van der Waals surface area contributed by atoms with Gasteiger partial charge in [-0.1, -0.05) is 18.2 Å². The van der Waals surface area contributed by atoms with Gasteiger partial charge in [0.2, 0.25) is 11.2 Å². The summed E-state index contributed by atoms with van der Waals surface area (Å²) in [6.07, 6.45) is 0. The van der Waals surface area contributed by atoms with Crippen LogP contribution in [0.2, 0.25) is 0 Å². The zero-order chi connectivity index (χ0) is 13.0. The molecule has 19 heavy (non-hydrogen) atoms. The molecular weight excluding hydrogens is 230 g/mol. The van der Waals surface area contributed by atoms with Gasteiger partial charge in [-0.25, -0.2) is 0 Å². The van der Waals surface area contributed by atoms with Gasteiger partial charge in [-0.2, -0.15) is 4.57 Å². The standard InChI is InChI=1S/C18H16N/c1-12-9-13(2)16-11-19-17-6-4-3-5-14(17)7-8-18(19)15(16)10-12/h3-10H,11H2,1-2H3/q+1. The second-order valence-corrected chi connectivity index (χ2v) is 5.47. The fraction of sp³-hybridized carbons (Fsp3) is 0.167. The fourth-order valence-corrected chi connectivity index (χ4v) is 3.26. The van der Waals surface area contributed by atoms with E-state index in [0.29, 0.717) is 0 Å². The molecule has 0 radical (unpaired) electrons. The third-order valence-electron chi connectivity index (χ3n) is 4.15. The highest BCUT2D eigenvalue weighted by Crippen LogP contribution is 2.31. The molecule has 0 unspecified atom stereocenters. The molecule has 92 valence electrons. The number of pyridine rings is 1. The Morgan fingerprint density at radius 1 is 0.947 bits per heavy atom. The molecule has 0 atom stereocenters. The summed E-state index contributed by atoms with van der Waals surface area (Å²) in [5.41, 5.74) is 8.31. The van der Waals surface area contributed by atoms with Crippen molar-refractivity contribution in [3.63, 3.8) is 0 Å². The van der Waals surface area contributed by atoms with E-state index in [4.69, 9.17) is 0 Å². The highest BCUT2D eigenvalue weighted by molar-refractivity contribution is 5.79. The van der Waals surface area contributed by atoms with Gasteiger partial charge < -0.3 is 0 Å². The van der Waals surface area contributed by atoms with Gasteiger partial charge in [-0.15, -0.1) is 0 Å². The Labute approximate surface area is 113 Å². The Morgan fingerprint density at radius 3 is 2.68 bits per heavy atom. The van der Waals surface area contributed by atoms with Crippen molar-refractivity contribution < 1.29 is 4.57 Å². The molecule has 0 bridgehead atoms. The molecule has 1 aliphatic rings. The monoisotopic (exact) mass is 246 g/mol. The fourth-order valence-electron chi connectivity index (χ4n) is 3.26. The van der Waals surface area contributed by atoms with E-state index in [1.54, 1.807) is 0 Å². The lowest BCUT2D eigenvalue weighted by Crippen LogP contribution is -2.33. The Hall–Kier alpha value is -2.15. The van der Waals surface area contributed by atoms with Gasteiger partial charge in [0.15, 0.2) is 6.54 Å². The molecule has 2 heterocycles. The third kappa shape index (κ3) is 1.45. The maximum absolute atomic E-state index is 2.44. The molecule has 3 aromatic rings. The molecule has 0 aliphatic carbocycles. The number of hydrogen-bond acceptors (Lipinski definition) is 0. The van der Waals surface area contributed by atoms with E-state index in [9.17, 15) is 0 Å². The molecule has 2 aromatic carbocycles. The van der Waals surface area contributed by atoms with Gasteiger partial charge in [0.1, 0.15) is 0 Å². The summed E-state index contributed by atoms with van der Waals surface area (Å²) in [5, 5.41) is 1.31. The van der Waals surface area contributed by atoms with Crippen LogP contribution in [-0.4, -0.2) is 0 Å². The molecule has 1 heteroatoms. The highest BCUT2D eigenvalue weighted by atomic mass is 15.0. The van der Waals surface area contributed by atoms with Crippen LogP contribution in [0.3, 0.4) is 0 Å². The quantitative estimate of drug-likeness (QED) is 0.416. The lowest BCUT2D eigenvalue weighted by molar-refractivity contribution is -0.645. The van der Waals surface area contributed by atoms with Crippen LogP contribution >= 0.6 is 0 Å². The number of para-hydroxylation sites is 1.